The summed E-state index contributed by atoms with van der Waals surface area (Å²) < 4.78 is 9.14. The van der Waals surface area contributed by atoms with Gasteiger partial charge >= 0.3 is 0 Å². The average molecular weight is 720 g/mol. The standard InChI is InChI=1S/C52H37N3O/c1-2-40-50(35-17-7-4-8-18-35)53-52(54-51(40)36-27-25-34(26-28-36)33-15-5-3-6-16-33)39-31-46(49-42-22-12-14-24-47(42)56-48(49)32-39)55-44-23-13-11-21-41(44)43-29-37-19-9-10-20-38(37)30-45(43)55/h3-32,40,50H,2H2,1H3. The van der Waals surface area contributed by atoms with Gasteiger partial charge in [-0.25, -0.2) is 4.99 Å². The van der Waals surface area contributed by atoms with Gasteiger partial charge in [-0.2, -0.15) is 0 Å². The SMILES string of the molecule is CCC1C(c2ccc(-c3ccccc3)cc2)=NC(c2cc(-n3c4ccccc4c4cc5ccccc5cc43)c3c(c2)oc2ccccc23)=NC1c1ccccc1. The molecule has 0 spiro atoms. The Balaban J connectivity index is 1.18. The topological polar surface area (TPSA) is 42.8 Å². The largest absolute Gasteiger partial charge is 0.456 e. The maximum absolute atomic E-state index is 6.72. The lowest BCUT2D eigenvalue weighted by molar-refractivity contribution is 0.532. The molecule has 4 heteroatoms. The summed E-state index contributed by atoms with van der Waals surface area (Å²) >= 11 is 0. The van der Waals surface area contributed by atoms with Crippen LogP contribution in [0.2, 0.25) is 0 Å². The highest BCUT2D eigenvalue weighted by molar-refractivity contribution is 6.20. The molecule has 2 atom stereocenters. The van der Waals surface area contributed by atoms with Gasteiger partial charge in [-0.15, -0.1) is 0 Å². The summed E-state index contributed by atoms with van der Waals surface area (Å²) in [6.07, 6.45) is 0.902. The minimum Gasteiger partial charge on any atom is -0.456 e. The monoisotopic (exact) mass is 719 g/mol. The molecule has 0 bridgehead atoms. The van der Waals surface area contributed by atoms with Crippen molar-refractivity contribution in [2.24, 2.45) is 15.9 Å². The Morgan fingerprint density at radius 1 is 0.518 bits per heavy atom. The zero-order valence-electron chi connectivity index (χ0n) is 30.9. The molecule has 0 N–H and O–H groups in total. The normalized spacial score (nSPS) is 15.9. The van der Waals surface area contributed by atoms with Crippen LogP contribution in [0.3, 0.4) is 0 Å². The second-order valence-electron chi connectivity index (χ2n) is 14.8. The second kappa shape index (κ2) is 13.1. The predicted molar refractivity (Wildman–Crippen MR) is 233 cm³/mol. The molecule has 8 aromatic carbocycles. The highest BCUT2D eigenvalue weighted by Gasteiger charge is 2.32. The third kappa shape index (κ3) is 5.21. The zero-order chi connectivity index (χ0) is 37.2. The van der Waals surface area contributed by atoms with Crippen LogP contribution >= 0.6 is 0 Å². The van der Waals surface area contributed by atoms with Crippen molar-refractivity contribution in [3.8, 4) is 16.8 Å². The number of para-hydroxylation sites is 2. The first kappa shape index (κ1) is 32.4. The van der Waals surface area contributed by atoms with Crippen molar-refractivity contribution in [2.75, 3.05) is 0 Å². The quantitative estimate of drug-likeness (QED) is 0.169. The van der Waals surface area contributed by atoms with Crippen molar-refractivity contribution in [1.29, 1.82) is 0 Å². The van der Waals surface area contributed by atoms with Crippen LogP contribution in [0, 0.1) is 5.92 Å². The maximum atomic E-state index is 6.72. The van der Waals surface area contributed by atoms with E-state index in [2.05, 4.69) is 187 Å². The summed E-state index contributed by atoms with van der Waals surface area (Å²) in [5.41, 5.74) is 11.7. The van der Waals surface area contributed by atoms with Gasteiger partial charge in [0, 0.05) is 27.6 Å². The number of fused-ring (bicyclic) bond motifs is 7. The molecule has 56 heavy (non-hydrogen) atoms. The van der Waals surface area contributed by atoms with Crippen LogP contribution in [0.1, 0.15) is 36.1 Å². The highest BCUT2D eigenvalue weighted by atomic mass is 16.3. The van der Waals surface area contributed by atoms with Crippen molar-refractivity contribution >= 4 is 66.1 Å². The number of rotatable bonds is 6. The van der Waals surface area contributed by atoms with Crippen LogP contribution in [0.5, 0.6) is 0 Å². The fraction of sp³-hybridized carbons (Fsp3) is 0.0769. The van der Waals surface area contributed by atoms with Crippen LogP contribution in [0.4, 0.5) is 0 Å². The molecule has 1 aliphatic heterocycles. The fourth-order valence-electron chi connectivity index (χ4n) is 8.91. The Kier molecular flexibility index (Phi) is 7.56. The van der Waals surface area contributed by atoms with E-state index in [4.69, 9.17) is 14.4 Å². The van der Waals surface area contributed by atoms with Gasteiger partial charge < -0.3 is 8.98 Å². The van der Waals surface area contributed by atoms with Gasteiger partial charge in [0.25, 0.3) is 0 Å². The molecule has 2 aromatic heterocycles. The third-order valence-corrected chi connectivity index (χ3v) is 11.6. The van der Waals surface area contributed by atoms with Crippen molar-refractivity contribution < 1.29 is 4.42 Å². The number of aromatic nitrogens is 1. The molecule has 0 saturated carbocycles. The number of benzene rings is 8. The van der Waals surface area contributed by atoms with Crippen molar-refractivity contribution in [3.05, 3.63) is 199 Å². The highest BCUT2D eigenvalue weighted by Crippen LogP contribution is 2.42. The Morgan fingerprint density at radius 3 is 1.95 bits per heavy atom. The summed E-state index contributed by atoms with van der Waals surface area (Å²) in [7, 11) is 0. The molecule has 3 heterocycles. The molecule has 0 fully saturated rings. The van der Waals surface area contributed by atoms with Gasteiger partial charge in [-0.1, -0.05) is 153 Å². The van der Waals surface area contributed by atoms with Crippen LogP contribution in [-0.2, 0) is 0 Å². The van der Waals surface area contributed by atoms with Gasteiger partial charge in [0.05, 0.1) is 33.9 Å². The number of furan rings is 1. The Bertz CT molecular complexity index is 3170. The summed E-state index contributed by atoms with van der Waals surface area (Å²) in [6, 6.07) is 64.8. The lowest BCUT2D eigenvalue weighted by atomic mass is 9.83. The Morgan fingerprint density at radius 2 is 1.16 bits per heavy atom. The van der Waals surface area contributed by atoms with Gasteiger partial charge in [0.15, 0.2) is 5.84 Å². The molecule has 1 aliphatic rings. The van der Waals surface area contributed by atoms with E-state index in [1.165, 1.54) is 38.2 Å². The Labute approximate surface area is 324 Å². The molecular weight excluding hydrogens is 683 g/mol. The first-order valence-electron chi connectivity index (χ1n) is 19.5. The average Bonchev–Trinajstić information content (AvgIpc) is 3.81. The molecular formula is C52H37N3O. The smallest absolute Gasteiger partial charge is 0.155 e. The van der Waals surface area contributed by atoms with E-state index >= 15 is 0 Å². The molecule has 0 saturated heterocycles. The molecule has 0 amide bonds. The summed E-state index contributed by atoms with van der Waals surface area (Å²) in [5, 5.41) is 7.01. The van der Waals surface area contributed by atoms with E-state index < -0.39 is 0 Å². The number of aliphatic imine (C=N–C) groups is 2. The summed E-state index contributed by atoms with van der Waals surface area (Å²) in [6.45, 7) is 2.25. The van der Waals surface area contributed by atoms with Crippen LogP contribution < -0.4 is 0 Å². The molecule has 266 valence electrons. The number of hydrogen-bond donors (Lipinski definition) is 0. The Hall–Kier alpha value is -7.04. The van der Waals surface area contributed by atoms with Crippen LogP contribution in [0.25, 0.3) is 71.3 Å². The minimum absolute atomic E-state index is 0.101. The first-order valence-corrected chi connectivity index (χ1v) is 19.5. The van der Waals surface area contributed by atoms with Crippen molar-refractivity contribution in [3.63, 3.8) is 0 Å². The minimum atomic E-state index is -0.105. The number of amidine groups is 1. The van der Waals surface area contributed by atoms with Crippen LogP contribution in [-0.4, -0.2) is 16.1 Å². The molecule has 10 aromatic rings. The summed E-state index contributed by atoms with van der Waals surface area (Å²) in [5.74, 6) is 0.809. The molecule has 11 rings (SSSR count). The van der Waals surface area contributed by atoms with Gasteiger partial charge in [-0.3, -0.25) is 4.99 Å². The predicted octanol–water partition coefficient (Wildman–Crippen LogP) is 13.5. The van der Waals surface area contributed by atoms with Gasteiger partial charge in [0.1, 0.15) is 11.2 Å². The van der Waals surface area contributed by atoms with E-state index in [-0.39, 0.29) is 12.0 Å². The number of nitrogens with zero attached hydrogens (tertiary/aromatic N) is 3. The van der Waals surface area contributed by atoms with Crippen LogP contribution in [0.15, 0.2) is 196 Å². The first-order chi connectivity index (χ1) is 27.7. The van der Waals surface area contributed by atoms with E-state index in [1.54, 1.807) is 0 Å². The van der Waals surface area contributed by atoms with Crippen molar-refractivity contribution in [1.82, 2.24) is 4.57 Å². The van der Waals surface area contributed by atoms with E-state index in [1.807, 2.05) is 6.07 Å². The molecule has 2 unspecified atom stereocenters. The fourth-order valence-corrected chi connectivity index (χ4v) is 8.91. The molecule has 4 nitrogen and oxygen atoms in total. The van der Waals surface area contributed by atoms with E-state index in [0.717, 1.165) is 61.9 Å². The maximum Gasteiger partial charge on any atom is 0.155 e. The van der Waals surface area contributed by atoms with E-state index in [0.29, 0.717) is 5.84 Å². The molecule has 0 radical (unpaired) electrons. The second-order valence-corrected chi connectivity index (χ2v) is 14.8. The van der Waals surface area contributed by atoms with E-state index in [9.17, 15) is 0 Å². The summed E-state index contributed by atoms with van der Waals surface area (Å²) in [4.78, 5) is 11.1. The lowest BCUT2D eigenvalue weighted by Gasteiger charge is -2.30. The number of hydrogen-bond acceptors (Lipinski definition) is 3. The van der Waals surface area contributed by atoms with Gasteiger partial charge in [0.2, 0.25) is 0 Å². The third-order valence-electron chi connectivity index (χ3n) is 11.6. The van der Waals surface area contributed by atoms with Crippen molar-refractivity contribution in [2.45, 2.75) is 19.4 Å². The lowest BCUT2D eigenvalue weighted by Crippen LogP contribution is -2.28. The zero-order valence-corrected chi connectivity index (χ0v) is 30.9. The van der Waals surface area contributed by atoms with Gasteiger partial charge in [-0.05, 0) is 75.8 Å². The molecule has 0 aliphatic carbocycles.